The highest BCUT2D eigenvalue weighted by Crippen LogP contribution is 2.40. The lowest BCUT2D eigenvalue weighted by atomic mass is 9.75. The summed E-state index contributed by atoms with van der Waals surface area (Å²) in [4.78, 5) is 42.5. The van der Waals surface area contributed by atoms with Gasteiger partial charge in [0.05, 0.1) is 16.6 Å². The number of halogens is 2. The molecule has 6 rings (SSSR count). The van der Waals surface area contributed by atoms with Crippen LogP contribution in [0.25, 0.3) is 0 Å². The molecule has 3 aromatic carbocycles. The van der Waals surface area contributed by atoms with E-state index in [9.17, 15) is 14.4 Å². The zero-order valence-corrected chi connectivity index (χ0v) is 31.7. The van der Waals surface area contributed by atoms with Gasteiger partial charge in [0.2, 0.25) is 0 Å². The van der Waals surface area contributed by atoms with Crippen LogP contribution in [-0.2, 0) is 45.1 Å². The molecule has 272 valence electrons. The highest BCUT2D eigenvalue weighted by atomic mass is 35.5. The van der Waals surface area contributed by atoms with Gasteiger partial charge in [-0.1, -0.05) is 74.7 Å². The Morgan fingerprint density at radius 1 is 0.961 bits per heavy atom. The Bertz CT molecular complexity index is 1780. The molecule has 0 radical (unpaired) electrons. The maximum atomic E-state index is 14.0. The first-order valence-electron chi connectivity index (χ1n) is 17.9. The van der Waals surface area contributed by atoms with E-state index >= 15 is 0 Å². The van der Waals surface area contributed by atoms with Crippen molar-refractivity contribution in [1.82, 2.24) is 4.90 Å². The zero-order valence-electron chi connectivity index (χ0n) is 30.2. The number of carbonyl (C=O) groups excluding carboxylic acids is 3. The summed E-state index contributed by atoms with van der Waals surface area (Å²) in [5.41, 5.74) is 3.34. The van der Waals surface area contributed by atoms with Crippen molar-refractivity contribution in [3.63, 3.8) is 0 Å². The second-order valence-corrected chi connectivity index (χ2v) is 16.4. The molecule has 0 saturated heterocycles. The lowest BCUT2D eigenvalue weighted by Crippen LogP contribution is -2.52. The topological polar surface area (TPSA) is 91.4 Å². The molecule has 1 saturated carbocycles. The monoisotopic (exact) mass is 735 g/mol. The first kappa shape index (κ1) is 37.0. The highest BCUT2D eigenvalue weighted by Gasteiger charge is 2.42. The predicted octanol–water partition coefficient (Wildman–Crippen LogP) is 9.48. The van der Waals surface area contributed by atoms with Crippen LogP contribution in [0.15, 0.2) is 54.6 Å². The van der Waals surface area contributed by atoms with Crippen LogP contribution in [0.3, 0.4) is 0 Å². The number of fused-ring (bicyclic) bond motifs is 2. The van der Waals surface area contributed by atoms with Gasteiger partial charge in [-0.2, -0.15) is 0 Å². The number of nitrogens with zero attached hydrogens (tertiary/aromatic N) is 1. The van der Waals surface area contributed by atoms with E-state index in [1.807, 2.05) is 51.1 Å². The first-order valence-corrected chi connectivity index (χ1v) is 18.6. The first-order chi connectivity index (χ1) is 24.1. The fourth-order valence-electron chi connectivity index (χ4n) is 7.38. The second-order valence-electron chi connectivity index (χ2n) is 15.6. The smallest absolute Gasteiger partial charge is 0.411 e. The number of amides is 1. The van der Waals surface area contributed by atoms with E-state index in [2.05, 4.69) is 20.8 Å². The summed E-state index contributed by atoms with van der Waals surface area (Å²) < 4.78 is 24.3. The van der Waals surface area contributed by atoms with Gasteiger partial charge in [-0.3, -0.25) is 9.69 Å². The van der Waals surface area contributed by atoms with E-state index in [4.69, 9.17) is 42.1 Å². The molecule has 0 N–H and O–H groups in total. The summed E-state index contributed by atoms with van der Waals surface area (Å²) in [5, 5.41) is 0.948. The lowest BCUT2D eigenvalue weighted by Gasteiger charge is -2.40. The van der Waals surface area contributed by atoms with Gasteiger partial charge in [0.15, 0.2) is 11.9 Å². The second kappa shape index (κ2) is 15.1. The summed E-state index contributed by atoms with van der Waals surface area (Å²) in [6.07, 6.45) is 1.83. The van der Waals surface area contributed by atoms with Crippen LogP contribution in [0, 0.1) is 17.8 Å². The van der Waals surface area contributed by atoms with E-state index in [1.165, 1.54) is 4.90 Å². The number of rotatable bonds is 7. The number of hydrogen-bond acceptors (Lipinski definition) is 7. The molecule has 3 aliphatic rings. The van der Waals surface area contributed by atoms with Gasteiger partial charge >= 0.3 is 12.1 Å². The molecule has 2 unspecified atom stereocenters. The zero-order chi connectivity index (χ0) is 36.6. The number of carbonyl (C=O) groups is 3. The van der Waals surface area contributed by atoms with Gasteiger partial charge in [-0.05, 0) is 98.4 Å². The predicted molar refractivity (Wildman–Crippen MR) is 196 cm³/mol. The number of benzene rings is 3. The third-order valence-corrected chi connectivity index (χ3v) is 10.9. The highest BCUT2D eigenvalue weighted by molar-refractivity contribution is 6.42. The summed E-state index contributed by atoms with van der Waals surface area (Å²) in [6, 6.07) is 15.6. The molecule has 8 nitrogen and oxygen atoms in total. The Kier molecular flexibility index (Phi) is 10.9. The largest absolute Gasteiger partial charge is 0.489 e. The summed E-state index contributed by atoms with van der Waals surface area (Å²) in [7, 11) is 0. The Morgan fingerprint density at radius 3 is 2.39 bits per heavy atom. The number of ketones is 1. The van der Waals surface area contributed by atoms with E-state index in [-0.39, 0.29) is 37.2 Å². The molecule has 0 bridgehead atoms. The minimum absolute atomic E-state index is 0.0692. The van der Waals surface area contributed by atoms with Crippen LogP contribution in [0.2, 0.25) is 10.0 Å². The molecule has 10 heteroatoms. The maximum absolute atomic E-state index is 14.0. The molecule has 2 aliphatic heterocycles. The van der Waals surface area contributed by atoms with Gasteiger partial charge in [0, 0.05) is 24.0 Å². The summed E-state index contributed by atoms with van der Waals surface area (Å²) in [5.74, 6) is 1.85. The normalized spacial score (nSPS) is 23.2. The Labute approximate surface area is 310 Å². The van der Waals surface area contributed by atoms with Gasteiger partial charge in [0.1, 0.15) is 35.9 Å². The SMILES string of the molecule is CC(C)[C@@H]1CC[C@@H](C)CC1OC(=O)[C@@H]1Cc2cc3c(cc2CN1C(=O)OC(C)(C)C)OC(c1ccc(OCc2ccc(Cl)c(Cl)c2)cc1)C(=O)C3. The Balaban J connectivity index is 1.20. The third kappa shape index (κ3) is 8.66. The number of esters is 1. The van der Waals surface area contributed by atoms with Crippen molar-refractivity contribution in [2.75, 3.05) is 0 Å². The average Bonchev–Trinajstić information content (AvgIpc) is 3.06. The van der Waals surface area contributed by atoms with Crippen LogP contribution in [-0.4, -0.2) is 40.5 Å². The van der Waals surface area contributed by atoms with Crippen LogP contribution >= 0.6 is 23.2 Å². The fraction of sp³-hybridized carbons (Fsp3) is 0.488. The molecule has 2 heterocycles. The van der Waals surface area contributed by atoms with Crippen molar-refractivity contribution in [3.8, 4) is 11.5 Å². The van der Waals surface area contributed by atoms with Crippen LogP contribution in [0.5, 0.6) is 11.5 Å². The van der Waals surface area contributed by atoms with E-state index in [0.717, 1.165) is 41.5 Å². The molecule has 5 atom stereocenters. The van der Waals surface area contributed by atoms with Gasteiger partial charge in [0.25, 0.3) is 0 Å². The average molecular weight is 737 g/mol. The van der Waals surface area contributed by atoms with Gasteiger partial charge in [-0.25, -0.2) is 9.59 Å². The standard InChI is InChI=1S/C41H47Cl2NO7/c1-23(2)31-13-7-24(3)15-37(31)50-39(46)34-18-27-17-28-19-35(45)38(49-36(28)20-29(27)21-44(34)40(47)51-41(4,5)6)26-9-11-30(12-10-26)48-22-25-8-14-32(42)33(43)16-25/h8-12,14,16-17,20,23-24,31,34,37-38H,7,13,15,18-19,21-22H2,1-6H3/t24-,31+,34+,37?,38?/m1/s1. The van der Waals surface area contributed by atoms with Crippen LogP contribution in [0.4, 0.5) is 4.79 Å². The van der Waals surface area contributed by atoms with Gasteiger partial charge < -0.3 is 18.9 Å². The van der Waals surface area contributed by atoms with Gasteiger partial charge in [-0.15, -0.1) is 0 Å². The third-order valence-electron chi connectivity index (χ3n) is 10.1. The Hall–Kier alpha value is -3.75. The Morgan fingerprint density at radius 2 is 1.71 bits per heavy atom. The van der Waals surface area contributed by atoms with Crippen molar-refractivity contribution in [2.45, 2.75) is 111 Å². The summed E-state index contributed by atoms with van der Waals surface area (Å²) >= 11 is 12.1. The molecule has 1 aliphatic carbocycles. The fourth-order valence-corrected chi connectivity index (χ4v) is 7.70. The maximum Gasteiger partial charge on any atom is 0.411 e. The van der Waals surface area contributed by atoms with Crippen molar-refractivity contribution in [2.24, 2.45) is 17.8 Å². The quantitative estimate of drug-likeness (QED) is 0.223. The van der Waals surface area contributed by atoms with Crippen molar-refractivity contribution in [1.29, 1.82) is 0 Å². The molecule has 0 spiro atoms. The molecular formula is C41H47Cl2NO7. The number of hydrogen-bond donors (Lipinski definition) is 0. The van der Waals surface area contributed by atoms with E-state index < -0.39 is 29.8 Å². The molecule has 1 fully saturated rings. The number of ether oxygens (including phenoxy) is 4. The molecule has 3 aromatic rings. The molecule has 0 aromatic heterocycles. The molecule has 1 amide bonds. The van der Waals surface area contributed by atoms with Crippen molar-refractivity contribution >= 4 is 41.0 Å². The van der Waals surface area contributed by atoms with Crippen LogP contribution < -0.4 is 9.47 Å². The van der Waals surface area contributed by atoms with E-state index in [0.29, 0.717) is 45.6 Å². The number of Topliss-reactive ketones (excluding diaryl/α,β-unsaturated/α-hetero) is 1. The van der Waals surface area contributed by atoms with Crippen LogP contribution in [0.1, 0.15) is 94.7 Å². The van der Waals surface area contributed by atoms with E-state index in [1.54, 1.807) is 24.3 Å². The summed E-state index contributed by atoms with van der Waals surface area (Å²) in [6.45, 7) is 12.4. The lowest BCUT2D eigenvalue weighted by molar-refractivity contribution is -0.162. The molecular weight excluding hydrogens is 689 g/mol. The van der Waals surface area contributed by atoms with Crippen molar-refractivity contribution < 1.29 is 33.3 Å². The minimum atomic E-state index is -0.846. The van der Waals surface area contributed by atoms with Crippen molar-refractivity contribution in [3.05, 3.63) is 92.5 Å². The molecule has 51 heavy (non-hydrogen) atoms. The minimum Gasteiger partial charge on any atom is -0.489 e.